The largest absolute Gasteiger partial charge is 0.545 e. The second-order valence-corrected chi connectivity index (χ2v) is 4.93. The van der Waals surface area contributed by atoms with Crippen molar-refractivity contribution in [3.63, 3.8) is 0 Å². The number of aromatic carboxylic acids is 1. The Bertz CT molecular complexity index is 607. The number of nitrogens with one attached hydrogen (secondary N) is 1. The summed E-state index contributed by atoms with van der Waals surface area (Å²) in [5.41, 5.74) is 2.37. The molecule has 0 spiro atoms. The minimum absolute atomic E-state index is 0.0390. The number of likely N-dealkylation sites (tertiary alicyclic amines) is 1. The first-order chi connectivity index (χ1) is 10.6. The van der Waals surface area contributed by atoms with E-state index >= 15 is 0 Å². The molecule has 0 atom stereocenters. The number of carboxylic acids is 1. The van der Waals surface area contributed by atoms with E-state index in [1.165, 1.54) is 23.2 Å². The van der Waals surface area contributed by atoms with E-state index in [1.54, 1.807) is 12.1 Å². The molecule has 1 aliphatic rings. The Morgan fingerprint density at radius 1 is 1.14 bits per heavy atom. The third-order valence-electron chi connectivity index (χ3n) is 3.39. The van der Waals surface area contributed by atoms with Crippen LogP contribution in [0.5, 0.6) is 0 Å². The Labute approximate surface area is 127 Å². The molecule has 2 rings (SSSR count). The molecule has 22 heavy (non-hydrogen) atoms. The third-order valence-corrected chi connectivity index (χ3v) is 3.39. The Morgan fingerprint density at radius 3 is 2.50 bits per heavy atom. The van der Waals surface area contributed by atoms with E-state index in [1.807, 2.05) is 0 Å². The summed E-state index contributed by atoms with van der Waals surface area (Å²) >= 11 is 0. The molecule has 0 bridgehead atoms. The zero-order chi connectivity index (χ0) is 15.9. The van der Waals surface area contributed by atoms with E-state index < -0.39 is 17.8 Å². The molecule has 7 heteroatoms. The highest BCUT2D eigenvalue weighted by Crippen LogP contribution is 2.08. The predicted molar refractivity (Wildman–Crippen MR) is 76.9 cm³/mol. The Balaban J connectivity index is 1.96. The van der Waals surface area contributed by atoms with Gasteiger partial charge in [0.1, 0.15) is 0 Å². The summed E-state index contributed by atoms with van der Waals surface area (Å²) in [7, 11) is 0. The van der Waals surface area contributed by atoms with E-state index in [0.29, 0.717) is 13.1 Å². The van der Waals surface area contributed by atoms with E-state index in [2.05, 4.69) is 10.5 Å². The molecule has 1 aromatic carbocycles. The van der Waals surface area contributed by atoms with Crippen LogP contribution in [0.4, 0.5) is 0 Å². The molecule has 116 valence electrons. The first-order valence-electron chi connectivity index (χ1n) is 7.02. The maximum Gasteiger partial charge on any atom is 0.329 e. The normalized spacial score (nSPS) is 14.8. The summed E-state index contributed by atoms with van der Waals surface area (Å²) in [6.45, 7) is 1.15. The monoisotopic (exact) mass is 302 g/mol. The first kappa shape index (κ1) is 15.7. The maximum atomic E-state index is 11.9. The number of rotatable bonds is 3. The van der Waals surface area contributed by atoms with Crippen LogP contribution < -0.4 is 10.5 Å². The van der Waals surface area contributed by atoms with Gasteiger partial charge in [-0.2, -0.15) is 5.10 Å². The van der Waals surface area contributed by atoms with Gasteiger partial charge in [-0.1, -0.05) is 24.3 Å². The quantitative estimate of drug-likeness (QED) is 0.462. The van der Waals surface area contributed by atoms with Crippen LogP contribution in [0.25, 0.3) is 0 Å². The fourth-order valence-corrected chi connectivity index (χ4v) is 2.24. The molecule has 0 saturated carbocycles. The highest BCUT2D eigenvalue weighted by atomic mass is 16.4. The van der Waals surface area contributed by atoms with Crippen molar-refractivity contribution in [1.82, 2.24) is 10.3 Å². The topological polar surface area (TPSA) is 102 Å². The predicted octanol–water partition coefficient (Wildman–Crippen LogP) is -0.487. The van der Waals surface area contributed by atoms with Gasteiger partial charge in [0.25, 0.3) is 0 Å². The number of benzene rings is 1. The third kappa shape index (κ3) is 3.91. The number of amides is 2. The van der Waals surface area contributed by atoms with E-state index in [0.717, 1.165) is 19.3 Å². The molecule has 0 unspecified atom stereocenters. The lowest BCUT2D eigenvalue weighted by atomic mass is 10.1. The van der Waals surface area contributed by atoms with Crippen LogP contribution in [-0.4, -0.2) is 42.0 Å². The van der Waals surface area contributed by atoms with Gasteiger partial charge in [0.15, 0.2) is 0 Å². The molecule has 1 heterocycles. The Kier molecular flexibility index (Phi) is 5.24. The molecule has 0 aromatic heterocycles. The molecule has 1 saturated heterocycles. The zero-order valence-electron chi connectivity index (χ0n) is 11.9. The van der Waals surface area contributed by atoms with Gasteiger partial charge < -0.3 is 14.8 Å². The van der Waals surface area contributed by atoms with Gasteiger partial charge in [-0.05, 0) is 19.3 Å². The lowest BCUT2D eigenvalue weighted by Gasteiger charge is -2.25. The standard InChI is InChI=1S/C15H17N3O4/c19-13(14(20)18-8-4-1-5-9-18)17-16-10-11-6-2-3-7-12(11)15(21)22/h2-3,6-7,10H,1,4-5,8-9H2,(H,17,19)(H,21,22)/p-1/b16-10-. The lowest BCUT2D eigenvalue weighted by molar-refractivity contribution is -0.255. The molecular formula is C15H16N3O4-. The number of carbonyl (C=O) groups is 3. The van der Waals surface area contributed by atoms with Crippen LogP contribution in [0.2, 0.25) is 0 Å². The van der Waals surface area contributed by atoms with E-state index in [4.69, 9.17) is 0 Å². The van der Waals surface area contributed by atoms with Crippen LogP contribution in [-0.2, 0) is 9.59 Å². The summed E-state index contributed by atoms with van der Waals surface area (Å²) < 4.78 is 0. The van der Waals surface area contributed by atoms with E-state index in [-0.39, 0.29) is 11.1 Å². The fourth-order valence-electron chi connectivity index (χ4n) is 2.24. The Morgan fingerprint density at radius 2 is 1.82 bits per heavy atom. The van der Waals surface area contributed by atoms with Crippen molar-refractivity contribution in [3.05, 3.63) is 35.4 Å². The number of piperidine rings is 1. The average molecular weight is 302 g/mol. The van der Waals surface area contributed by atoms with Crippen LogP contribution in [0, 0.1) is 0 Å². The van der Waals surface area contributed by atoms with Crippen LogP contribution in [0.15, 0.2) is 29.4 Å². The van der Waals surface area contributed by atoms with Crippen molar-refractivity contribution in [3.8, 4) is 0 Å². The first-order valence-corrected chi connectivity index (χ1v) is 7.02. The van der Waals surface area contributed by atoms with Gasteiger partial charge in [-0.15, -0.1) is 0 Å². The molecule has 7 nitrogen and oxygen atoms in total. The van der Waals surface area contributed by atoms with Gasteiger partial charge in [0, 0.05) is 24.2 Å². The summed E-state index contributed by atoms with van der Waals surface area (Å²) in [6, 6.07) is 6.08. The molecular weight excluding hydrogens is 286 g/mol. The fraction of sp³-hybridized carbons (Fsp3) is 0.333. The highest BCUT2D eigenvalue weighted by molar-refractivity contribution is 6.35. The minimum atomic E-state index is -1.34. The molecule has 1 aromatic rings. The number of hydrazone groups is 1. The molecule has 1 aliphatic heterocycles. The van der Waals surface area contributed by atoms with Crippen molar-refractivity contribution in [2.75, 3.05) is 13.1 Å². The number of nitrogens with zero attached hydrogens (tertiary/aromatic N) is 2. The summed E-state index contributed by atoms with van der Waals surface area (Å²) in [4.78, 5) is 36.0. The van der Waals surface area contributed by atoms with Gasteiger partial charge >= 0.3 is 11.8 Å². The smallest absolute Gasteiger partial charge is 0.329 e. The van der Waals surface area contributed by atoms with Crippen molar-refractivity contribution < 1.29 is 19.5 Å². The molecule has 0 aliphatic carbocycles. The highest BCUT2D eigenvalue weighted by Gasteiger charge is 2.22. The number of hydrogen-bond donors (Lipinski definition) is 1. The van der Waals surface area contributed by atoms with Crippen LogP contribution in [0.3, 0.4) is 0 Å². The van der Waals surface area contributed by atoms with Crippen LogP contribution >= 0.6 is 0 Å². The van der Waals surface area contributed by atoms with Gasteiger partial charge in [-0.3, -0.25) is 9.59 Å². The van der Waals surface area contributed by atoms with Crippen molar-refractivity contribution >= 4 is 24.0 Å². The SMILES string of the molecule is O=C(N/N=C\c1ccccc1C(=O)[O-])C(=O)N1CCCCC1. The zero-order valence-corrected chi connectivity index (χ0v) is 11.9. The van der Waals surface area contributed by atoms with Gasteiger partial charge in [0.05, 0.1) is 12.2 Å². The number of carboxylic acid groups (broad SMARTS) is 1. The van der Waals surface area contributed by atoms with Gasteiger partial charge in [0.2, 0.25) is 0 Å². The molecule has 1 fully saturated rings. The Hall–Kier alpha value is -2.70. The summed E-state index contributed by atoms with van der Waals surface area (Å²) in [6.07, 6.45) is 4.01. The average Bonchev–Trinajstić information content (AvgIpc) is 2.55. The second-order valence-electron chi connectivity index (χ2n) is 4.93. The van der Waals surface area contributed by atoms with Crippen LogP contribution in [0.1, 0.15) is 35.2 Å². The number of hydrogen-bond acceptors (Lipinski definition) is 5. The summed E-state index contributed by atoms with van der Waals surface area (Å²) in [5.74, 6) is -2.79. The number of carbonyl (C=O) groups excluding carboxylic acids is 3. The lowest BCUT2D eigenvalue weighted by Crippen LogP contribution is -2.43. The minimum Gasteiger partial charge on any atom is -0.545 e. The second kappa shape index (κ2) is 7.35. The van der Waals surface area contributed by atoms with Crippen molar-refractivity contribution in [2.24, 2.45) is 5.10 Å². The molecule has 1 N–H and O–H groups in total. The van der Waals surface area contributed by atoms with E-state index in [9.17, 15) is 19.5 Å². The van der Waals surface area contributed by atoms with Crippen molar-refractivity contribution in [2.45, 2.75) is 19.3 Å². The maximum absolute atomic E-state index is 11.9. The summed E-state index contributed by atoms with van der Waals surface area (Å²) in [5, 5.41) is 14.5. The molecule has 0 radical (unpaired) electrons. The van der Waals surface area contributed by atoms with Gasteiger partial charge in [-0.25, -0.2) is 5.43 Å². The van der Waals surface area contributed by atoms with Crippen molar-refractivity contribution in [1.29, 1.82) is 0 Å². The molecule has 2 amide bonds.